The lowest BCUT2D eigenvalue weighted by Gasteiger charge is -2.03. The smallest absolute Gasteiger partial charge is 0.276 e. The predicted molar refractivity (Wildman–Crippen MR) is 72.4 cm³/mol. The zero-order valence-electron chi connectivity index (χ0n) is 10.2. The summed E-state index contributed by atoms with van der Waals surface area (Å²) in [7, 11) is -3.86. The van der Waals surface area contributed by atoms with E-state index in [1.807, 2.05) is 4.83 Å². The van der Waals surface area contributed by atoms with Crippen molar-refractivity contribution in [3.8, 4) is 5.75 Å². The van der Waals surface area contributed by atoms with Gasteiger partial charge in [0.15, 0.2) is 0 Å². The summed E-state index contributed by atoms with van der Waals surface area (Å²) < 4.78 is 36.3. The Morgan fingerprint density at radius 1 is 1.10 bits per heavy atom. The first-order valence-corrected chi connectivity index (χ1v) is 7.06. The Labute approximate surface area is 115 Å². The maximum atomic E-state index is 12.7. The molecule has 0 aliphatic heterocycles. The molecule has 2 aromatic rings. The minimum absolute atomic E-state index is 0.0165. The van der Waals surface area contributed by atoms with Gasteiger partial charge in [0.2, 0.25) is 0 Å². The molecular weight excluding hydrogens is 283 g/mol. The Hall–Kier alpha value is -2.41. The molecule has 0 unspecified atom stereocenters. The van der Waals surface area contributed by atoms with Crippen molar-refractivity contribution in [3.63, 3.8) is 0 Å². The summed E-state index contributed by atoms with van der Waals surface area (Å²) in [5.41, 5.74) is 0.370. The second kappa shape index (κ2) is 5.70. The van der Waals surface area contributed by atoms with E-state index in [4.69, 9.17) is 0 Å². The van der Waals surface area contributed by atoms with Crippen LogP contribution in [0.1, 0.15) is 5.56 Å². The molecule has 0 aliphatic carbocycles. The average Bonchev–Trinajstić information content (AvgIpc) is 2.41. The van der Waals surface area contributed by atoms with Gasteiger partial charge in [-0.25, -0.2) is 9.22 Å². The van der Waals surface area contributed by atoms with Crippen LogP contribution in [0, 0.1) is 5.82 Å². The molecule has 0 radical (unpaired) electrons. The first-order valence-electron chi connectivity index (χ1n) is 5.57. The van der Waals surface area contributed by atoms with E-state index in [2.05, 4.69) is 5.10 Å². The predicted octanol–water partition coefficient (Wildman–Crippen LogP) is 1.84. The molecule has 0 heterocycles. The van der Waals surface area contributed by atoms with E-state index in [0.29, 0.717) is 5.56 Å². The number of nitrogens with one attached hydrogen (secondary N) is 1. The number of sulfonamides is 1. The number of halogens is 1. The largest absolute Gasteiger partial charge is 0.507 e. The first kappa shape index (κ1) is 14.0. The number of hydrazone groups is 1. The Balaban J connectivity index is 2.14. The van der Waals surface area contributed by atoms with Crippen LogP contribution in [0.25, 0.3) is 0 Å². The van der Waals surface area contributed by atoms with E-state index in [9.17, 15) is 17.9 Å². The molecule has 0 spiro atoms. The van der Waals surface area contributed by atoms with Gasteiger partial charge in [-0.05, 0) is 36.4 Å². The van der Waals surface area contributed by atoms with Crippen molar-refractivity contribution in [2.75, 3.05) is 0 Å². The van der Waals surface area contributed by atoms with Crippen LogP contribution in [0.5, 0.6) is 5.75 Å². The molecule has 0 saturated heterocycles. The van der Waals surface area contributed by atoms with Crippen LogP contribution < -0.4 is 4.83 Å². The van der Waals surface area contributed by atoms with Crippen LogP contribution in [-0.2, 0) is 10.0 Å². The zero-order valence-corrected chi connectivity index (χ0v) is 11.0. The number of phenols is 1. The Bertz CT molecular complexity index is 728. The van der Waals surface area contributed by atoms with Gasteiger partial charge in [-0.1, -0.05) is 12.1 Å². The Kier molecular flexibility index (Phi) is 3.99. The van der Waals surface area contributed by atoms with Gasteiger partial charge in [0.25, 0.3) is 10.0 Å². The topological polar surface area (TPSA) is 78.8 Å². The van der Waals surface area contributed by atoms with Crippen molar-refractivity contribution in [2.45, 2.75) is 4.90 Å². The van der Waals surface area contributed by atoms with E-state index >= 15 is 0 Å². The van der Waals surface area contributed by atoms with Crippen LogP contribution in [-0.4, -0.2) is 19.7 Å². The first-order chi connectivity index (χ1) is 9.49. The van der Waals surface area contributed by atoms with E-state index < -0.39 is 15.8 Å². The quantitative estimate of drug-likeness (QED) is 0.667. The van der Waals surface area contributed by atoms with E-state index in [1.165, 1.54) is 12.3 Å². The van der Waals surface area contributed by atoms with E-state index in [0.717, 1.165) is 24.3 Å². The minimum atomic E-state index is -3.86. The molecule has 0 aliphatic rings. The number of rotatable bonds is 4. The Morgan fingerprint density at radius 3 is 2.40 bits per heavy atom. The van der Waals surface area contributed by atoms with Crippen molar-refractivity contribution in [2.24, 2.45) is 5.10 Å². The number of nitrogens with zero attached hydrogens (tertiary/aromatic N) is 1. The molecule has 20 heavy (non-hydrogen) atoms. The lowest BCUT2D eigenvalue weighted by atomic mass is 10.2. The van der Waals surface area contributed by atoms with Gasteiger partial charge in [-0.2, -0.15) is 13.5 Å². The minimum Gasteiger partial charge on any atom is -0.507 e. The van der Waals surface area contributed by atoms with Crippen molar-refractivity contribution >= 4 is 16.2 Å². The van der Waals surface area contributed by atoms with Crippen molar-refractivity contribution in [1.82, 2.24) is 4.83 Å². The third-order valence-corrected chi connectivity index (χ3v) is 3.68. The normalized spacial score (nSPS) is 11.7. The third-order valence-electron chi connectivity index (χ3n) is 2.44. The maximum Gasteiger partial charge on any atom is 0.276 e. The summed E-state index contributed by atoms with van der Waals surface area (Å²) in [4.78, 5) is 1.88. The molecule has 2 N–H and O–H groups in total. The summed E-state index contributed by atoms with van der Waals surface area (Å²) in [6, 6.07) is 10.7. The summed E-state index contributed by atoms with van der Waals surface area (Å²) >= 11 is 0. The molecule has 104 valence electrons. The summed E-state index contributed by atoms with van der Waals surface area (Å²) in [6.07, 6.45) is 1.18. The second-order valence-electron chi connectivity index (χ2n) is 3.87. The van der Waals surface area contributed by atoms with Gasteiger partial charge in [-0.15, -0.1) is 0 Å². The van der Waals surface area contributed by atoms with Crippen LogP contribution in [0.3, 0.4) is 0 Å². The van der Waals surface area contributed by atoms with Crippen molar-refractivity contribution in [1.29, 1.82) is 0 Å². The zero-order chi connectivity index (χ0) is 14.6. The molecule has 0 atom stereocenters. The fourth-order valence-electron chi connectivity index (χ4n) is 1.43. The fraction of sp³-hybridized carbons (Fsp3) is 0. The highest BCUT2D eigenvalue weighted by Gasteiger charge is 2.12. The maximum absolute atomic E-state index is 12.7. The van der Waals surface area contributed by atoms with Gasteiger partial charge >= 0.3 is 0 Å². The van der Waals surface area contributed by atoms with E-state index in [1.54, 1.807) is 18.2 Å². The van der Waals surface area contributed by atoms with Gasteiger partial charge < -0.3 is 5.11 Å². The van der Waals surface area contributed by atoms with Gasteiger partial charge in [0.1, 0.15) is 11.6 Å². The monoisotopic (exact) mass is 294 g/mol. The van der Waals surface area contributed by atoms with Crippen molar-refractivity contribution < 1.29 is 17.9 Å². The van der Waals surface area contributed by atoms with E-state index in [-0.39, 0.29) is 10.6 Å². The molecule has 2 rings (SSSR count). The van der Waals surface area contributed by atoms with Gasteiger partial charge in [0.05, 0.1) is 11.1 Å². The molecule has 5 nitrogen and oxygen atoms in total. The number of aromatic hydroxyl groups is 1. The lowest BCUT2D eigenvalue weighted by Crippen LogP contribution is -2.18. The highest BCUT2D eigenvalue weighted by molar-refractivity contribution is 7.89. The number of phenolic OH excluding ortho intramolecular Hbond substituents is 1. The highest BCUT2D eigenvalue weighted by atomic mass is 32.2. The molecule has 0 amide bonds. The third kappa shape index (κ3) is 3.33. The van der Waals surface area contributed by atoms with Crippen LogP contribution >= 0.6 is 0 Å². The fourth-order valence-corrected chi connectivity index (χ4v) is 2.22. The summed E-state index contributed by atoms with van der Waals surface area (Å²) in [6.45, 7) is 0. The van der Waals surface area contributed by atoms with Crippen LogP contribution in [0.15, 0.2) is 58.5 Å². The molecule has 7 heteroatoms. The highest BCUT2D eigenvalue weighted by Crippen LogP contribution is 2.13. The standard InChI is InChI=1S/C13H11FN2O3S/c14-11-5-7-12(8-6-11)20(18,19)16-15-9-10-3-1-2-4-13(10)17/h1-9,16-17H/b15-9+. The summed E-state index contributed by atoms with van der Waals surface area (Å²) in [5, 5.41) is 13.0. The second-order valence-corrected chi connectivity index (χ2v) is 5.53. The number of para-hydroxylation sites is 1. The van der Waals surface area contributed by atoms with Crippen molar-refractivity contribution in [3.05, 3.63) is 59.9 Å². The SMILES string of the molecule is O=S(=O)(N/N=C/c1ccccc1O)c1ccc(F)cc1. The number of benzene rings is 2. The molecule has 0 fully saturated rings. The molecule has 0 saturated carbocycles. The average molecular weight is 294 g/mol. The molecular formula is C13H11FN2O3S. The van der Waals surface area contributed by atoms with Gasteiger partial charge in [0, 0.05) is 5.56 Å². The molecule has 2 aromatic carbocycles. The lowest BCUT2D eigenvalue weighted by molar-refractivity contribution is 0.474. The molecule has 0 bridgehead atoms. The number of hydrogen-bond acceptors (Lipinski definition) is 4. The van der Waals surface area contributed by atoms with Crippen LogP contribution in [0.4, 0.5) is 4.39 Å². The Morgan fingerprint density at radius 2 is 1.75 bits per heavy atom. The molecule has 0 aromatic heterocycles. The van der Waals surface area contributed by atoms with Crippen LogP contribution in [0.2, 0.25) is 0 Å². The van der Waals surface area contributed by atoms with Gasteiger partial charge in [-0.3, -0.25) is 0 Å². The number of hydrogen-bond donors (Lipinski definition) is 2. The summed E-state index contributed by atoms with van der Waals surface area (Å²) in [5.74, 6) is -0.543.